The molecule has 0 aliphatic heterocycles. The number of hydrogen-bond acceptors (Lipinski definition) is 0. The van der Waals surface area contributed by atoms with Gasteiger partial charge in [-0.3, -0.25) is 0 Å². The van der Waals surface area contributed by atoms with Crippen LogP contribution in [0.5, 0.6) is 0 Å². The maximum absolute atomic E-state index is 4.83. The summed E-state index contributed by atoms with van der Waals surface area (Å²) in [4.78, 5) is 0. The second kappa shape index (κ2) is 11.5. The van der Waals surface area contributed by atoms with E-state index in [4.69, 9.17) is 19.4 Å². The Bertz CT molecular complexity index is 131. The third-order valence-electron chi connectivity index (χ3n) is 2.81. The van der Waals surface area contributed by atoms with Crippen molar-refractivity contribution in [2.75, 3.05) is 20.0 Å². The standard InChI is InChI=1S/C10H15.C3H9P.2ClH.Rh/c1-6-7(2)9(4)10(5)8(6)3;1-4(2)3;;;/h1-5H3;1-3H3;2*1H;/q;;;;+3/p-2. The van der Waals surface area contributed by atoms with Crippen LogP contribution in [0.3, 0.4) is 0 Å². The molecule has 0 unspecified atom stereocenters. The third-order valence-corrected chi connectivity index (χ3v) is 2.81. The van der Waals surface area contributed by atoms with Crippen LogP contribution in [0.15, 0.2) is 0 Å². The van der Waals surface area contributed by atoms with Crippen molar-refractivity contribution in [3.8, 4) is 0 Å². The van der Waals surface area contributed by atoms with Crippen molar-refractivity contribution >= 4 is 27.3 Å². The Morgan fingerprint density at radius 3 is 0.765 bits per heavy atom. The number of halogens is 2. The van der Waals surface area contributed by atoms with Gasteiger partial charge in [-0.25, -0.2) is 0 Å². The zero-order chi connectivity index (χ0) is 14.2. The quantitative estimate of drug-likeness (QED) is 0.370. The molecule has 0 bridgehead atoms. The molecule has 5 radical (unpaired) electrons. The van der Waals surface area contributed by atoms with Crippen LogP contribution in [0.1, 0.15) is 34.6 Å². The van der Waals surface area contributed by atoms with Crippen molar-refractivity contribution in [3.05, 3.63) is 29.6 Å². The number of hydrogen-bond donors (Lipinski definition) is 0. The molecule has 0 aromatic rings. The van der Waals surface area contributed by atoms with E-state index in [1.165, 1.54) is 29.6 Å². The second-order valence-corrected chi connectivity index (χ2v) is 9.69. The molecule has 1 aliphatic carbocycles. The van der Waals surface area contributed by atoms with Crippen molar-refractivity contribution in [1.82, 2.24) is 0 Å². The Hall–Kier alpha value is 1.63. The first kappa shape index (κ1) is 20.9. The van der Waals surface area contributed by atoms with Gasteiger partial charge >= 0.3 is 34.5 Å². The van der Waals surface area contributed by atoms with Crippen LogP contribution in [0.25, 0.3) is 0 Å². The summed E-state index contributed by atoms with van der Waals surface area (Å²) in [5, 5.41) is 0. The summed E-state index contributed by atoms with van der Waals surface area (Å²) in [5.74, 6) is 7.34. The molecule has 4 heteroatoms. The Morgan fingerprint density at radius 2 is 0.706 bits per heavy atom. The average molecular weight is 385 g/mol. The van der Waals surface area contributed by atoms with E-state index in [1.54, 1.807) is 0 Å². The van der Waals surface area contributed by atoms with Crippen LogP contribution in [0.2, 0.25) is 0 Å². The minimum atomic E-state index is -0.226. The molecule has 0 heterocycles. The van der Waals surface area contributed by atoms with Crippen LogP contribution >= 0.6 is 27.3 Å². The second-order valence-electron chi connectivity index (χ2n) is 4.51. The molecule has 0 N–H and O–H groups in total. The summed E-state index contributed by atoms with van der Waals surface area (Å²) in [6, 6.07) is 0. The van der Waals surface area contributed by atoms with Crippen molar-refractivity contribution in [3.63, 3.8) is 0 Å². The zero-order valence-corrected chi connectivity index (χ0v) is 16.1. The van der Waals surface area contributed by atoms with Gasteiger partial charge in [0.25, 0.3) is 0 Å². The first-order valence-corrected chi connectivity index (χ1v) is 12.2. The molecule has 0 saturated heterocycles. The van der Waals surface area contributed by atoms with Gasteiger partial charge in [-0.2, -0.15) is 0 Å². The fraction of sp³-hybridized carbons (Fsp3) is 0.615. The van der Waals surface area contributed by atoms with E-state index < -0.39 is 0 Å². The maximum atomic E-state index is 4.83. The Balaban J connectivity index is 0. The topological polar surface area (TPSA) is 0 Å². The summed E-state index contributed by atoms with van der Waals surface area (Å²) in [6.07, 6.45) is 0. The molecule has 1 fully saturated rings. The van der Waals surface area contributed by atoms with Crippen molar-refractivity contribution in [1.29, 1.82) is 0 Å². The average Bonchev–Trinajstić information content (AvgIpc) is 2.37. The first-order valence-electron chi connectivity index (χ1n) is 5.34. The normalized spacial score (nSPS) is 20.2. The fourth-order valence-corrected chi connectivity index (χ4v) is 1.41. The van der Waals surface area contributed by atoms with E-state index >= 15 is 0 Å². The summed E-state index contributed by atoms with van der Waals surface area (Å²) in [7, 11) is 10.0. The molecule has 0 spiro atoms. The molecule has 0 aromatic heterocycles. The van der Waals surface area contributed by atoms with Gasteiger partial charge in [0.05, 0.1) is 0 Å². The van der Waals surface area contributed by atoms with Crippen LogP contribution in [-0.2, 0) is 15.1 Å². The molecular weight excluding hydrogens is 361 g/mol. The molecule has 0 atom stereocenters. The van der Waals surface area contributed by atoms with Crippen molar-refractivity contribution in [2.45, 2.75) is 34.6 Å². The molecule has 0 aromatic carbocycles. The molecule has 0 amide bonds. The summed E-state index contributed by atoms with van der Waals surface area (Å²) in [6.45, 7) is 17.7. The van der Waals surface area contributed by atoms with Crippen LogP contribution in [-0.4, -0.2) is 20.0 Å². The predicted molar refractivity (Wildman–Crippen MR) is 81.0 cm³/mol. The fourth-order valence-electron chi connectivity index (χ4n) is 1.41. The first-order chi connectivity index (χ1) is 7.70. The minimum absolute atomic E-state index is 0.226. The SMILES string of the molecule is CP(C)C.C[C]1[C](C)[C](C)[C](C)[C]1C.[Cl][Rh+][Cl]. The van der Waals surface area contributed by atoms with Gasteiger partial charge < -0.3 is 0 Å². The van der Waals surface area contributed by atoms with E-state index in [2.05, 4.69) is 54.6 Å². The molecular formula is C13H24Cl2PRh+. The van der Waals surface area contributed by atoms with Gasteiger partial charge in [0.15, 0.2) is 0 Å². The van der Waals surface area contributed by atoms with Gasteiger partial charge in [0.1, 0.15) is 0 Å². The van der Waals surface area contributed by atoms with Gasteiger partial charge in [-0.15, -0.1) is 7.92 Å². The Labute approximate surface area is 126 Å². The Kier molecular flexibility index (Phi) is 14.1. The molecule has 1 aliphatic rings. The van der Waals surface area contributed by atoms with Crippen molar-refractivity contribution < 1.29 is 15.1 Å². The molecule has 103 valence electrons. The van der Waals surface area contributed by atoms with E-state index in [0.717, 1.165) is 0 Å². The van der Waals surface area contributed by atoms with Gasteiger partial charge in [0, 0.05) is 0 Å². The van der Waals surface area contributed by atoms with E-state index in [9.17, 15) is 0 Å². The monoisotopic (exact) mass is 384 g/mol. The molecule has 1 saturated carbocycles. The van der Waals surface area contributed by atoms with Gasteiger partial charge in [-0.1, -0.05) is 34.6 Å². The van der Waals surface area contributed by atoms with Gasteiger partial charge in [0.2, 0.25) is 0 Å². The summed E-state index contributed by atoms with van der Waals surface area (Å²) in [5.41, 5.74) is 0. The predicted octanol–water partition coefficient (Wildman–Crippen LogP) is 5.71. The molecule has 1 rings (SSSR count). The van der Waals surface area contributed by atoms with E-state index in [-0.39, 0.29) is 15.1 Å². The van der Waals surface area contributed by atoms with Crippen LogP contribution < -0.4 is 0 Å². The van der Waals surface area contributed by atoms with Crippen LogP contribution in [0.4, 0.5) is 0 Å². The molecule has 0 nitrogen and oxygen atoms in total. The van der Waals surface area contributed by atoms with E-state index in [1.807, 2.05) is 0 Å². The summed E-state index contributed by atoms with van der Waals surface area (Å²) < 4.78 is 0. The van der Waals surface area contributed by atoms with Crippen molar-refractivity contribution in [2.24, 2.45) is 0 Å². The Morgan fingerprint density at radius 1 is 0.647 bits per heavy atom. The zero-order valence-electron chi connectivity index (χ0n) is 12.0. The molecule has 17 heavy (non-hydrogen) atoms. The van der Waals surface area contributed by atoms with Gasteiger partial charge in [-0.05, 0) is 49.6 Å². The number of rotatable bonds is 0. The van der Waals surface area contributed by atoms with Crippen LogP contribution in [0, 0.1) is 29.6 Å². The summed E-state index contributed by atoms with van der Waals surface area (Å²) >= 11 is -0.226. The third kappa shape index (κ3) is 9.21. The van der Waals surface area contributed by atoms with E-state index in [0.29, 0.717) is 7.92 Å².